The van der Waals surface area contributed by atoms with Crippen LogP contribution in [0.5, 0.6) is 5.75 Å². The minimum absolute atomic E-state index is 0.0794. The molecule has 1 fully saturated rings. The van der Waals surface area contributed by atoms with E-state index in [4.69, 9.17) is 10.5 Å². The fourth-order valence-electron chi connectivity index (χ4n) is 2.82. The Bertz CT molecular complexity index is 454. The van der Waals surface area contributed by atoms with Crippen molar-refractivity contribution in [3.05, 3.63) is 23.8 Å². The molecule has 0 bridgehead atoms. The number of rotatable bonds is 5. The zero-order valence-electron chi connectivity index (χ0n) is 12.2. The van der Waals surface area contributed by atoms with Crippen LogP contribution in [0.3, 0.4) is 0 Å². The molecule has 0 spiro atoms. The Kier molecular flexibility index (Phi) is 5.41. The van der Waals surface area contributed by atoms with Crippen molar-refractivity contribution in [2.75, 3.05) is 12.4 Å². The maximum Gasteiger partial charge on any atom is 0.224 e. The molecule has 1 aliphatic rings. The minimum atomic E-state index is 0.0794. The Balaban J connectivity index is 1.96. The highest BCUT2D eigenvalue weighted by atomic mass is 16.5. The van der Waals surface area contributed by atoms with Gasteiger partial charge in [0.25, 0.3) is 0 Å². The Morgan fingerprint density at radius 1 is 1.35 bits per heavy atom. The smallest absolute Gasteiger partial charge is 0.224 e. The quantitative estimate of drug-likeness (QED) is 0.868. The maximum atomic E-state index is 12.1. The van der Waals surface area contributed by atoms with E-state index < -0.39 is 0 Å². The summed E-state index contributed by atoms with van der Waals surface area (Å²) in [6, 6.07) is 5.65. The van der Waals surface area contributed by atoms with Gasteiger partial charge < -0.3 is 15.8 Å². The fraction of sp³-hybridized carbons (Fsp3) is 0.562. The molecule has 110 valence electrons. The monoisotopic (exact) mass is 276 g/mol. The predicted octanol–water partition coefficient (Wildman–Crippen LogP) is 3.06. The van der Waals surface area contributed by atoms with Gasteiger partial charge in [-0.1, -0.05) is 25.3 Å². The van der Waals surface area contributed by atoms with Crippen LogP contribution in [0.15, 0.2) is 18.2 Å². The van der Waals surface area contributed by atoms with E-state index in [-0.39, 0.29) is 5.91 Å². The van der Waals surface area contributed by atoms with Gasteiger partial charge in [0.15, 0.2) is 0 Å². The molecule has 0 atom stereocenters. The molecule has 4 heteroatoms. The molecule has 4 nitrogen and oxygen atoms in total. The van der Waals surface area contributed by atoms with Gasteiger partial charge in [-0.3, -0.25) is 4.79 Å². The van der Waals surface area contributed by atoms with E-state index in [0.717, 1.165) is 11.3 Å². The molecular weight excluding hydrogens is 252 g/mol. The van der Waals surface area contributed by atoms with Gasteiger partial charge in [0.1, 0.15) is 5.75 Å². The first-order valence-electron chi connectivity index (χ1n) is 7.39. The van der Waals surface area contributed by atoms with E-state index in [1.165, 1.54) is 32.1 Å². The van der Waals surface area contributed by atoms with E-state index >= 15 is 0 Å². The number of nitrogens with one attached hydrogen (secondary N) is 1. The Morgan fingerprint density at radius 2 is 2.10 bits per heavy atom. The number of benzene rings is 1. The highest BCUT2D eigenvalue weighted by Gasteiger charge is 2.17. The lowest BCUT2D eigenvalue weighted by atomic mass is 9.87. The zero-order valence-corrected chi connectivity index (χ0v) is 12.2. The van der Waals surface area contributed by atoms with Crippen LogP contribution in [-0.2, 0) is 11.3 Å². The molecule has 1 aliphatic carbocycles. The second-order valence-electron chi connectivity index (χ2n) is 5.50. The van der Waals surface area contributed by atoms with Gasteiger partial charge in [0.2, 0.25) is 5.91 Å². The summed E-state index contributed by atoms with van der Waals surface area (Å²) in [7, 11) is 1.60. The highest BCUT2D eigenvalue weighted by Crippen LogP contribution is 2.29. The van der Waals surface area contributed by atoms with E-state index in [0.29, 0.717) is 24.6 Å². The molecule has 0 unspecified atom stereocenters. The average molecular weight is 276 g/mol. The topological polar surface area (TPSA) is 64.3 Å². The number of methoxy groups -OCH3 is 1. The van der Waals surface area contributed by atoms with Crippen LogP contribution >= 0.6 is 0 Å². The van der Waals surface area contributed by atoms with Crippen molar-refractivity contribution >= 4 is 11.6 Å². The summed E-state index contributed by atoms with van der Waals surface area (Å²) in [5, 5.41) is 2.96. The largest absolute Gasteiger partial charge is 0.495 e. The summed E-state index contributed by atoms with van der Waals surface area (Å²) in [5.41, 5.74) is 7.33. The van der Waals surface area contributed by atoms with E-state index in [9.17, 15) is 4.79 Å². The van der Waals surface area contributed by atoms with Gasteiger partial charge in [-0.15, -0.1) is 0 Å². The first kappa shape index (κ1) is 14.9. The molecule has 1 aromatic rings. The summed E-state index contributed by atoms with van der Waals surface area (Å²) >= 11 is 0. The lowest BCUT2D eigenvalue weighted by Crippen LogP contribution is -2.18. The number of anilines is 1. The summed E-state index contributed by atoms with van der Waals surface area (Å²) in [6.07, 6.45) is 6.79. The second-order valence-corrected chi connectivity index (χ2v) is 5.50. The van der Waals surface area contributed by atoms with Crippen molar-refractivity contribution in [1.82, 2.24) is 0 Å². The van der Waals surface area contributed by atoms with Gasteiger partial charge in [0, 0.05) is 13.0 Å². The minimum Gasteiger partial charge on any atom is -0.495 e. The van der Waals surface area contributed by atoms with Crippen LogP contribution in [0.4, 0.5) is 5.69 Å². The zero-order chi connectivity index (χ0) is 14.4. The maximum absolute atomic E-state index is 12.1. The SMILES string of the molecule is COc1cc(CN)ccc1NC(=O)CC1CCCCC1. The van der Waals surface area contributed by atoms with Crippen LogP contribution in [0.1, 0.15) is 44.1 Å². The molecule has 3 N–H and O–H groups in total. The van der Waals surface area contributed by atoms with E-state index in [1.54, 1.807) is 7.11 Å². The lowest BCUT2D eigenvalue weighted by molar-refractivity contribution is -0.117. The van der Waals surface area contributed by atoms with Crippen molar-refractivity contribution in [3.63, 3.8) is 0 Å². The number of hydrogen-bond donors (Lipinski definition) is 2. The van der Waals surface area contributed by atoms with Gasteiger partial charge in [-0.05, 0) is 36.5 Å². The number of nitrogens with two attached hydrogens (primary N) is 1. The van der Waals surface area contributed by atoms with E-state index in [2.05, 4.69) is 5.32 Å². The van der Waals surface area contributed by atoms with Crippen LogP contribution in [-0.4, -0.2) is 13.0 Å². The van der Waals surface area contributed by atoms with Crippen molar-refractivity contribution in [3.8, 4) is 5.75 Å². The van der Waals surface area contributed by atoms with Crippen LogP contribution in [0, 0.1) is 5.92 Å². The van der Waals surface area contributed by atoms with E-state index in [1.807, 2.05) is 18.2 Å². The summed E-state index contributed by atoms with van der Waals surface area (Å²) in [5.74, 6) is 1.29. The van der Waals surface area contributed by atoms with Gasteiger partial charge in [0.05, 0.1) is 12.8 Å². The Morgan fingerprint density at radius 3 is 2.75 bits per heavy atom. The summed E-state index contributed by atoms with van der Waals surface area (Å²) < 4.78 is 5.31. The van der Waals surface area contributed by atoms with Crippen molar-refractivity contribution in [2.45, 2.75) is 45.1 Å². The number of ether oxygens (including phenoxy) is 1. The summed E-state index contributed by atoms with van der Waals surface area (Å²) in [6.45, 7) is 0.465. The molecular formula is C16H24N2O2. The standard InChI is InChI=1S/C16H24N2O2/c1-20-15-9-13(11-17)7-8-14(15)18-16(19)10-12-5-3-2-4-6-12/h7-9,12H,2-6,10-11,17H2,1H3,(H,18,19). The van der Waals surface area contributed by atoms with Crippen LogP contribution in [0.2, 0.25) is 0 Å². The molecule has 0 aliphatic heterocycles. The molecule has 2 rings (SSSR count). The first-order chi connectivity index (χ1) is 9.72. The lowest BCUT2D eigenvalue weighted by Gasteiger charge is -2.21. The first-order valence-corrected chi connectivity index (χ1v) is 7.39. The molecule has 20 heavy (non-hydrogen) atoms. The molecule has 1 saturated carbocycles. The van der Waals surface area contributed by atoms with Crippen LogP contribution in [0.25, 0.3) is 0 Å². The third-order valence-corrected chi connectivity index (χ3v) is 3.97. The average Bonchev–Trinajstić information content (AvgIpc) is 2.48. The van der Waals surface area contributed by atoms with Crippen molar-refractivity contribution in [2.24, 2.45) is 11.7 Å². The van der Waals surface area contributed by atoms with Crippen molar-refractivity contribution in [1.29, 1.82) is 0 Å². The third-order valence-electron chi connectivity index (χ3n) is 3.97. The predicted molar refractivity (Wildman–Crippen MR) is 80.7 cm³/mol. The molecule has 1 aromatic carbocycles. The highest BCUT2D eigenvalue weighted by molar-refractivity contribution is 5.92. The molecule has 1 amide bonds. The molecule has 0 saturated heterocycles. The van der Waals surface area contributed by atoms with Crippen LogP contribution < -0.4 is 15.8 Å². The molecule has 0 heterocycles. The Labute approximate surface area is 120 Å². The van der Waals surface area contributed by atoms with Crippen molar-refractivity contribution < 1.29 is 9.53 Å². The number of carbonyl (C=O) groups excluding carboxylic acids is 1. The number of carbonyl (C=O) groups is 1. The summed E-state index contributed by atoms with van der Waals surface area (Å²) in [4.78, 5) is 12.1. The van der Waals surface area contributed by atoms with Gasteiger partial charge in [-0.25, -0.2) is 0 Å². The second kappa shape index (κ2) is 7.29. The van der Waals surface area contributed by atoms with Gasteiger partial charge >= 0.3 is 0 Å². The van der Waals surface area contributed by atoms with Gasteiger partial charge in [-0.2, -0.15) is 0 Å². The third kappa shape index (κ3) is 3.97. The molecule has 0 radical (unpaired) electrons. The Hall–Kier alpha value is -1.55. The fourth-order valence-corrected chi connectivity index (χ4v) is 2.82. The number of amides is 1. The number of hydrogen-bond acceptors (Lipinski definition) is 3. The normalized spacial score (nSPS) is 15.9. The molecule has 0 aromatic heterocycles.